The average molecular weight is 490 g/mol. The summed E-state index contributed by atoms with van der Waals surface area (Å²) in [6.07, 6.45) is 1.81. The topological polar surface area (TPSA) is 96.0 Å². The Kier molecular flexibility index (Phi) is 9.49. The van der Waals surface area contributed by atoms with Crippen LogP contribution in [0, 0.1) is 13.8 Å². The maximum Gasteiger partial charge on any atom is 0.244 e. The maximum atomic E-state index is 13.6. The van der Waals surface area contributed by atoms with Crippen LogP contribution in [0.25, 0.3) is 0 Å². The van der Waals surface area contributed by atoms with Gasteiger partial charge in [-0.25, -0.2) is 8.42 Å². The van der Waals surface area contributed by atoms with E-state index in [-0.39, 0.29) is 18.1 Å². The van der Waals surface area contributed by atoms with Crippen LogP contribution in [0.2, 0.25) is 0 Å². The molecule has 1 unspecified atom stereocenters. The Morgan fingerprint density at radius 3 is 2.35 bits per heavy atom. The molecule has 0 aliphatic heterocycles. The Hall–Kier alpha value is -3.07. The number of aryl methyl sites for hydroxylation is 2. The summed E-state index contributed by atoms with van der Waals surface area (Å²) in [4.78, 5) is 27.7. The predicted molar refractivity (Wildman–Crippen MR) is 134 cm³/mol. The van der Waals surface area contributed by atoms with E-state index in [9.17, 15) is 18.0 Å². The summed E-state index contributed by atoms with van der Waals surface area (Å²) in [5, 5.41) is 2.82. The van der Waals surface area contributed by atoms with Gasteiger partial charge in [0.15, 0.2) is 0 Å². The van der Waals surface area contributed by atoms with Crippen molar-refractivity contribution in [3.05, 3.63) is 59.2 Å². The monoisotopic (exact) mass is 489 g/mol. The molecule has 0 saturated heterocycles. The number of carbonyl (C=O) groups is 2. The van der Waals surface area contributed by atoms with Crippen molar-refractivity contribution in [1.82, 2.24) is 10.2 Å². The van der Waals surface area contributed by atoms with E-state index >= 15 is 0 Å². The van der Waals surface area contributed by atoms with Crippen LogP contribution in [0.5, 0.6) is 5.75 Å². The first-order valence-electron chi connectivity index (χ1n) is 11.2. The van der Waals surface area contributed by atoms with E-state index in [1.165, 1.54) is 12.0 Å². The molecule has 2 rings (SSSR count). The Morgan fingerprint density at radius 2 is 1.76 bits per heavy atom. The van der Waals surface area contributed by atoms with E-state index in [1.807, 2.05) is 45.0 Å². The molecule has 0 aliphatic rings. The Labute approximate surface area is 202 Å². The Morgan fingerprint density at radius 1 is 1.09 bits per heavy atom. The fraction of sp³-hybridized carbons (Fsp3) is 0.440. The van der Waals surface area contributed by atoms with Crippen LogP contribution in [0.15, 0.2) is 42.5 Å². The van der Waals surface area contributed by atoms with Crippen molar-refractivity contribution in [1.29, 1.82) is 0 Å². The molecule has 2 aromatic carbocycles. The van der Waals surface area contributed by atoms with Gasteiger partial charge in [-0.3, -0.25) is 13.9 Å². The summed E-state index contributed by atoms with van der Waals surface area (Å²) in [5.74, 6) is -0.445. The largest absolute Gasteiger partial charge is 0.495 e. The van der Waals surface area contributed by atoms with Crippen molar-refractivity contribution in [2.45, 2.75) is 46.7 Å². The van der Waals surface area contributed by atoms with Crippen LogP contribution in [-0.4, -0.2) is 57.6 Å². The molecule has 1 N–H and O–H groups in total. The molecule has 2 aromatic rings. The van der Waals surface area contributed by atoms with E-state index in [4.69, 9.17) is 4.74 Å². The second kappa shape index (κ2) is 11.9. The number of anilines is 1. The highest BCUT2D eigenvalue weighted by Gasteiger charge is 2.31. The first-order valence-corrected chi connectivity index (χ1v) is 13.1. The van der Waals surface area contributed by atoms with Gasteiger partial charge in [-0.2, -0.15) is 0 Å². The standard InChI is InChI=1S/C25H35N3O5S/c1-7-13-26-25(30)20(4)27(16-21-10-8-9-18(2)14-21)24(29)17-28(34(6,31)32)22-15-19(3)11-12-23(22)33-5/h8-12,14-15,20H,7,13,16-17H2,1-6H3,(H,26,30). The molecule has 0 heterocycles. The third kappa shape index (κ3) is 7.21. The number of amides is 2. The van der Waals surface area contributed by atoms with Crippen LogP contribution in [-0.2, 0) is 26.2 Å². The highest BCUT2D eigenvalue weighted by atomic mass is 32.2. The number of nitrogens with one attached hydrogen (secondary N) is 1. The van der Waals surface area contributed by atoms with Crippen molar-refractivity contribution in [2.24, 2.45) is 0 Å². The van der Waals surface area contributed by atoms with Gasteiger partial charge < -0.3 is 15.0 Å². The first-order chi connectivity index (χ1) is 16.0. The fourth-order valence-electron chi connectivity index (χ4n) is 3.58. The van der Waals surface area contributed by atoms with Gasteiger partial charge in [0, 0.05) is 13.1 Å². The lowest BCUT2D eigenvalue weighted by molar-refractivity contribution is -0.139. The van der Waals surface area contributed by atoms with E-state index in [0.29, 0.717) is 12.3 Å². The molecule has 0 bridgehead atoms. The number of sulfonamides is 1. The molecule has 1 atom stereocenters. The maximum absolute atomic E-state index is 13.6. The van der Waals surface area contributed by atoms with Crippen LogP contribution in [0.3, 0.4) is 0 Å². The minimum absolute atomic E-state index is 0.170. The number of carbonyl (C=O) groups excluding carboxylic acids is 2. The summed E-state index contributed by atoms with van der Waals surface area (Å²) >= 11 is 0. The molecule has 0 aliphatic carbocycles. The van der Waals surface area contributed by atoms with Gasteiger partial charge in [-0.05, 0) is 50.5 Å². The van der Waals surface area contributed by atoms with E-state index < -0.39 is 28.5 Å². The third-order valence-corrected chi connectivity index (χ3v) is 6.56. The third-order valence-electron chi connectivity index (χ3n) is 5.43. The van der Waals surface area contributed by atoms with Crippen molar-refractivity contribution >= 4 is 27.5 Å². The summed E-state index contributed by atoms with van der Waals surface area (Å²) in [5.41, 5.74) is 2.97. The van der Waals surface area contributed by atoms with Gasteiger partial charge in [-0.15, -0.1) is 0 Å². The molecular weight excluding hydrogens is 454 g/mol. The minimum Gasteiger partial charge on any atom is -0.495 e. The van der Waals surface area contributed by atoms with E-state index in [1.54, 1.807) is 25.1 Å². The van der Waals surface area contributed by atoms with Crippen molar-refractivity contribution in [3.8, 4) is 5.75 Å². The van der Waals surface area contributed by atoms with Crippen molar-refractivity contribution in [3.63, 3.8) is 0 Å². The van der Waals surface area contributed by atoms with E-state index in [0.717, 1.165) is 33.7 Å². The normalized spacial score (nSPS) is 12.1. The number of ether oxygens (including phenoxy) is 1. The van der Waals surface area contributed by atoms with Crippen molar-refractivity contribution < 1.29 is 22.7 Å². The van der Waals surface area contributed by atoms with Gasteiger partial charge in [0.2, 0.25) is 21.8 Å². The minimum atomic E-state index is -3.83. The van der Waals surface area contributed by atoms with Gasteiger partial charge in [0.1, 0.15) is 18.3 Å². The number of benzene rings is 2. The predicted octanol–water partition coefficient (Wildman–Crippen LogP) is 3.02. The molecule has 2 amide bonds. The number of methoxy groups -OCH3 is 1. The summed E-state index contributed by atoms with van der Waals surface area (Å²) in [6.45, 7) is 7.57. The zero-order valence-corrected chi connectivity index (χ0v) is 21.6. The highest BCUT2D eigenvalue weighted by Crippen LogP contribution is 2.31. The molecule has 0 saturated carbocycles. The second-order valence-corrected chi connectivity index (χ2v) is 10.3. The van der Waals surface area contributed by atoms with Crippen molar-refractivity contribution in [2.75, 3.05) is 30.8 Å². The summed E-state index contributed by atoms with van der Waals surface area (Å²) < 4.78 is 31.9. The van der Waals surface area contributed by atoms with Gasteiger partial charge in [0.25, 0.3) is 0 Å². The molecular formula is C25H35N3O5S. The van der Waals surface area contributed by atoms with Crippen LogP contribution in [0.1, 0.15) is 37.0 Å². The number of rotatable bonds is 11. The summed E-state index contributed by atoms with van der Waals surface area (Å²) in [6, 6.07) is 12.0. The zero-order valence-electron chi connectivity index (χ0n) is 20.8. The lowest BCUT2D eigenvalue weighted by atomic mass is 10.1. The van der Waals surface area contributed by atoms with Gasteiger partial charge in [0.05, 0.1) is 19.1 Å². The average Bonchev–Trinajstić information content (AvgIpc) is 2.78. The first kappa shape index (κ1) is 27.2. The summed E-state index contributed by atoms with van der Waals surface area (Å²) in [7, 11) is -2.39. The number of hydrogen-bond donors (Lipinski definition) is 1. The lowest BCUT2D eigenvalue weighted by Gasteiger charge is -2.32. The number of nitrogens with zero attached hydrogens (tertiary/aromatic N) is 2. The quantitative estimate of drug-likeness (QED) is 0.523. The number of hydrogen-bond acceptors (Lipinski definition) is 5. The molecule has 34 heavy (non-hydrogen) atoms. The fourth-order valence-corrected chi connectivity index (χ4v) is 4.42. The van der Waals surface area contributed by atoms with Crippen LogP contribution in [0.4, 0.5) is 5.69 Å². The molecule has 8 nitrogen and oxygen atoms in total. The molecule has 0 spiro atoms. The molecule has 0 radical (unpaired) electrons. The molecule has 186 valence electrons. The highest BCUT2D eigenvalue weighted by molar-refractivity contribution is 7.92. The van der Waals surface area contributed by atoms with Crippen LogP contribution >= 0.6 is 0 Å². The van der Waals surface area contributed by atoms with Gasteiger partial charge >= 0.3 is 0 Å². The SMILES string of the molecule is CCCNC(=O)C(C)N(Cc1cccc(C)c1)C(=O)CN(c1cc(C)ccc1OC)S(C)(=O)=O. The lowest BCUT2D eigenvalue weighted by Crippen LogP contribution is -2.51. The Bertz CT molecular complexity index is 1120. The Balaban J connectivity index is 2.45. The van der Waals surface area contributed by atoms with Crippen LogP contribution < -0.4 is 14.4 Å². The zero-order chi connectivity index (χ0) is 25.5. The molecule has 0 aromatic heterocycles. The second-order valence-electron chi connectivity index (χ2n) is 8.42. The smallest absolute Gasteiger partial charge is 0.244 e. The van der Waals surface area contributed by atoms with Gasteiger partial charge in [-0.1, -0.05) is 42.8 Å². The molecule has 9 heteroatoms. The molecule has 0 fully saturated rings. The van der Waals surface area contributed by atoms with E-state index in [2.05, 4.69) is 5.32 Å².